The smallest absolute Gasteiger partial charge is 0.248 e. The number of nitrogens with zero attached hydrogens (tertiary/aromatic N) is 3. The van der Waals surface area contributed by atoms with Gasteiger partial charge in [-0.05, 0) is 12.8 Å². The molecule has 6 nitrogen and oxygen atoms in total. The lowest BCUT2D eigenvalue weighted by Crippen LogP contribution is -2.33. The van der Waals surface area contributed by atoms with Crippen LogP contribution in [0.4, 0.5) is 5.82 Å². The Balaban J connectivity index is 3.00. The van der Waals surface area contributed by atoms with Crippen molar-refractivity contribution in [3.8, 4) is 0 Å². The van der Waals surface area contributed by atoms with Gasteiger partial charge < -0.3 is 5.73 Å². The summed E-state index contributed by atoms with van der Waals surface area (Å²) in [5, 5.41) is 3.91. The van der Waals surface area contributed by atoms with Gasteiger partial charge in [-0.25, -0.2) is 8.42 Å². The van der Waals surface area contributed by atoms with Gasteiger partial charge in [0.05, 0.1) is 0 Å². The highest BCUT2D eigenvalue weighted by Gasteiger charge is 2.27. The van der Waals surface area contributed by atoms with E-state index < -0.39 is 10.0 Å². The largest absolute Gasteiger partial charge is 0.381 e. The fourth-order valence-electron chi connectivity index (χ4n) is 1.84. The van der Waals surface area contributed by atoms with Crippen molar-refractivity contribution >= 4 is 15.8 Å². The Bertz CT molecular complexity index is 488. The van der Waals surface area contributed by atoms with E-state index in [-0.39, 0.29) is 10.7 Å². The first kappa shape index (κ1) is 16.0. The van der Waals surface area contributed by atoms with Gasteiger partial charge in [-0.3, -0.25) is 4.68 Å². The predicted molar refractivity (Wildman–Crippen MR) is 76.2 cm³/mol. The highest BCUT2D eigenvalue weighted by atomic mass is 32.2. The first-order valence-corrected chi connectivity index (χ1v) is 8.16. The zero-order chi connectivity index (χ0) is 14.5. The van der Waals surface area contributed by atoms with Gasteiger partial charge in [-0.1, -0.05) is 26.7 Å². The van der Waals surface area contributed by atoms with E-state index in [1.54, 1.807) is 7.05 Å². The summed E-state index contributed by atoms with van der Waals surface area (Å²) in [6.45, 7) is 5.16. The van der Waals surface area contributed by atoms with Crippen LogP contribution in [0.15, 0.2) is 11.1 Å². The Morgan fingerprint density at radius 2 is 1.79 bits per heavy atom. The van der Waals surface area contributed by atoms with Crippen molar-refractivity contribution in [1.82, 2.24) is 14.1 Å². The molecule has 2 N–H and O–H groups in total. The van der Waals surface area contributed by atoms with Gasteiger partial charge in [0, 0.05) is 26.3 Å². The molecule has 0 saturated heterocycles. The van der Waals surface area contributed by atoms with E-state index in [0.717, 1.165) is 25.7 Å². The van der Waals surface area contributed by atoms with Gasteiger partial charge in [-0.2, -0.15) is 9.40 Å². The quantitative estimate of drug-likeness (QED) is 0.787. The van der Waals surface area contributed by atoms with Gasteiger partial charge in [0.1, 0.15) is 4.90 Å². The number of nitrogens with two attached hydrogens (primary N) is 1. The molecule has 0 fully saturated rings. The number of hydrogen-bond acceptors (Lipinski definition) is 4. The molecule has 0 aliphatic heterocycles. The molecule has 19 heavy (non-hydrogen) atoms. The molecule has 0 aliphatic carbocycles. The molecule has 0 aliphatic rings. The normalized spacial score (nSPS) is 12.2. The summed E-state index contributed by atoms with van der Waals surface area (Å²) in [5.41, 5.74) is 5.68. The number of unbranched alkanes of at least 4 members (excludes halogenated alkanes) is 2. The fraction of sp³-hybridized carbons (Fsp3) is 0.750. The van der Waals surface area contributed by atoms with Crippen LogP contribution in [0.5, 0.6) is 0 Å². The summed E-state index contributed by atoms with van der Waals surface area (Å²) in [6.07, 6.45) is 5.09. The Kier molecular flexibility index (Phi) is 5.81. The van der Waals surface area contributed by atoms with E-state index in [4.69, 9.17) is 5.73 Å². The molecule has 0 atom stereocenters. The molecule has 0 unspecified atom stereocenters. The highest BCUT2D eigenvalue weighted by molar-refractivity contribution is 7.89. The number of anilines is 1. The van der Waals surface area contributed by atoms with E-state index in [9.17, 15) is 8.42 Å². The second kappa shape index (κ2) is 6.91. The van der Waals surface area contributed by atoms with Crippen molar-refractivity contribution < 1.29 is 8.42 Å². The van der Waals surface area contributed by atoms with E-state index in [0.29, 0.717) is 13.1 Å². The minimum Gasteiger partial charge on any atom is -0.381 e. The number of sulfonamides is 1. The molecule has 1 aromatic rings. The minimum absolute atomic E-state index is 0.0699. The minimum atomic E-state index is -3.53. The average Bonchev–Trinajstić information content (AvgIpc) is 2.69. The van der Waals surface area contributed by atoms with Crippen LogP contribution < -0.4 is 5.73 Å². The van der Waals surface area contributed by atoms with Crippen LogP contribution >= 0.6 is 0 Å². The fourth-order valence-corrected chi connectivity index (χ4v) is 3.45. The Labute approximate surface area is 115 Å². The molecular weight excluding hydrogens is 264 g/mol. The maximum Gasteiger partial charge on any atom is 0.248 e. The zero-order valence-corrected chi connectivity index (χ0v) is 12.8. The monoisotopic (exact) mass is 288 g/mol. The molecule has 1 aromatic heterocycles. The van der Waals surface area contributed by atoms with Crippen LogP contribution in [0, 0.1) is 0 Å². The third kappa shape index (κ3) is 3.94. The molecule has 1 rings (SSSR count). The Morgan fingerprint density at radius 1 is 1.26 bits per heavy atom. The summed E-state index contributed by atoms with van der Waals surface area (Å²) in [4.78, 5) is 0.113. The molecule has 110 valence electrons. The second-order valence-electron chi connectivity index (χ2n) is 4.66. The number of aromatic nitrogens is 2. The third-order valence-corrected chi connectivity index (χ3v) is 4.88. The first-order chi connectivity index (χ1) is 8.93. The van der Waals surface area contributed by atoms with Crippen LogP contribution in [-0.4, -0.2) is 35.6 Å². The number of nitrogen functional groups attached to an aromatic ring is 1. The van der Waals surface area contributed by atoms with Gasteiger partial charge in [-0.15, -0.1) is 0 Å². The van der Waals surface area contributed by atoms with Gasteiger partial charge in [0.25, 0.3) is 0 Å². The van der Waals surface area contributed by atoms with Crippen LogP contribution in [0.1, 0.15) is 39.5 Å². The van der Waals surface area contributed by atoms with Gasteiger partial charge in [0.15, 0.2) is 5.82 Å². The molecule has 0 saturated carbocycles. The summed E-state index contributed by atoms with van der Waals surface area (Å²) in [6, 6.07) is 0. The molecule has 0 amide bonds. The average molecular weight is 288 g/mol. The second-order valence-corrected chi connectivity index (χ2v) is 6.57. The van der Waals surface area contributed by atoms with Crippen molar-refractivity contribution in [1.29, 1.82) is 0 Å². The molecule has 7 heteroatoms. The number of aryl methyl sites for hydroxylation is 1. The van der Waals surface area contributed by atoms with Crippen LogP contribution in [0.2, 0.25) is 0 Å². The summed E-state index contributed by atoms with van der Waals surface area (Å²) >= 11 is 0. The lowest BCUT2D eigenvalue weighted by Gasteiger charge is -2.21. The van der Waals surface area contributed by atoms with E-state index >= 15 is 0 Å². The molecule has 1 heterocycles. The highest BCUT2D eigenvalue weighted by Crippen LogP contribution is 2.21. The van der Waals surface area contributed by atoms with Crippen LogP contribution in [0.25, 0.3) is 0 Å². The third-order valence-electron chi connectivity index (χ3n) is 2.96. The van der Waals surface area contributed by atoms with Crippen molar-refractivity contribution in [3.63, 3.8) is 0 Å². The Hall–Kier alpha value is -1.08. The van der Waals surface area contributed by atoms with Gasteiger partial charge >= 0.3 is 0 Å². The van der Waals surface area contributed by atoms with E-state index in [1.807, 2.05) is 13.8 Å². The standard InChI is InChI=1S/C12H24N4O2S/c1-4-6-8-16(9-7-5-2)19(17,18)11-10-15(3)14-12(11)13/h10H,4-9H2,1-3H3,(H2,13,14). The van der Waals surface area contributed by atoms with Crippen molar-refractivity contribution in [2.45, 2.75) is 44.4 Å². The lowest BCUT2D eigenvalue weighted by atomic mass is 10.3. The van der Waals surface area contributed by atoms with Crippen molar-refractivity contribution in [2.24, 2.45) is 7.05 Å². The number of hydrogen-bond donors (Lipinski definition) is 1. The lowest BCUT2D eigenvalue weighted by molar-refractivity contribution is 0.395. The zero-order valence-electron chi connectivity index (χ0n) is 12.0. The number of rotatable bonds is 8. The molecular formula is C12H24N4O2S. The molecule has 0 bridgehead atoms. The Morgan fingerprint density at radius 3 is 2.16 bits per heavy atom. The molecule has 0 radical (unpaired) electrons. The SMILES string of the molecule is CCCCN(CCCC)S(=O)(=O)c1cn(C)nc1N. The summed E-state index contributed by atoms with van der Waals surface area (Å²) < 4.78 is 28.1. The molecule has 0 aromatic carbocycles. The van der Waals surface area contributed by atoms with Gasteiger partial charge in [0.2, 0.25) is 10.0 Å². The summed E-state index contributed by atoms with van der Waals surface area (Å²) in [7, 11) is -1.87. The maximum absolute atomic E-state index is 12.6. The van der Waals surface area contributed by atoms with E-state index in [1.165, 1.54) is 15.2 Å². The van der Waals surface area contributed by atoms with Crippen LogP contribution in [0.3, 0.4) is 0 Å². The van der Waals surface area contributed by atoms with Crippen molar-refractivity contribution in [2.75, 3.05) is 18.8 Å². The summed E-state index contributed by atoms with van der Waals surface area (Å²) in [5.74, 6) is 0.0699. The first-order valence-electron chi connectivity index (χ1n) is 6.72. The molecule has 0 spiro atoms. The predicted octanol–water partition coefficient (Wildman–Crippen LogP) is 1.59. The maximum atomic E-state index is 12.6. The van der Waals surface area contributed by atoms with E-state index in [2.05, 4.69) is 5.10 Å². The van der Waals surface area contributed by atoms with Crippen LogP contribution in [-0.2, 0) is 17.1 Å². The topological polar surface area (TPSA) is 81.2 Å². The van der Waals surface area contributed by atoms with Crippen molar-refractivity contribution in [3.05, 3.63) is 6.20 Å².